The Morgan fingerprint density at radius 2 is 1.77 bits per heavy atom. The van der Waals surface area contributed by atoms with Crippen LogP contribution in [0.1, 0.15) is 22.5 Å². The molecule has 0 aliphatic heterocycles. The van der Waals surface area contributed by atoms with Crippen LogP contribution in [0.4, 0.5) is 13.2 Å². The number of alkyl halides is 3. The van der Waals surface area contributed by atoms with Gasteiger partial charge in [0, 0.05) is 6.54 Å². The number of nitrogens with zero attached hydrogens (tertiary/aromatic N) is 2. The standard InChI is InChI=1S/C20H14ClF3N2O3S/c21-18-8-7-16(20(22,23)24)10-19(18)30(27,28)26(13-17-2-1-9-29-17)12-15-5-3-14(11-25)4-6-15/h1-10H,12-13H2. The predicted octanol–water partition coefficient (Wildman–Crippen LogP) is 5.21. The maximum atomic E-state index is 13.3. The van der Waals surface area contributed by atoms with Crippen LogP contribution in [0, 0.1) is 11.3 Å². The molecule has 5 nitrogen and oxygen atoms in total. The largest absolute Gasteiger partial charge is 0.468 e. The van der Waals surface area contributed by atoms with Crippen molar-refractivity contribution in [2.45, 2.75) is 24.2 Å². The van der Waals surface area contributed by atoms with E-state index in [4.69, 9.17) is 21.3 Å². The fourth-order valence-electron chi connectivity index (χ4n) is 2.71. The Kier molecular flexibility index (Phi) is 6.22. The quantitative estimate of drug-likeness (QED) is 0.512. The van der Waals surface area contributed by atoms with E-state index in [0.717, 1.165) is 16.4 Å². The zero-order valence-electron chi connectivity index (χ0n) is 15.2. The number of halogens is 4. The summed E-state index contributed by atoms with van der Waals surface area (Å²) in [5.74, 6) is 0.301. The molecule has 0 radical (unpaired) electrons. The Bertz CT molecular complexity index is 1170. The molecule has 0 atom stereocenters. The van der Waals surface area contributed by atoms with Crippen LogP contribution >= 0.6 is 11.6 Å². The Labute approximate surface area is 176 Å². The van der Waals surface area contributed by atoms with Gasteiger partial charge in [-0.15, -0.1) is 0 Å². The van der Waals surface area contributed by atoms with Crippen LogP contribution in [-0.2, 0) is 29.3 Å². The molecule has 0 aliphatic rings. The molecule has 0 saturated heterocycles. The number of rotatable bonds is 6. The van der Waals surface area contributed by atoms with E-state index in [9.17, 15) is 21.6 Å². The minimum atomic E-state index is -4.73. The molecule has 10 heteroatoms. The van der Waals surface area contributed by atoms with Crippen molar-refractivity contribution in [3.63, 3.8) is 0 Å². The summed E-state index contributed by atoms with van der Waals surface area (Å²) in [6, 6.07) is 13.4. The molecule has 0 N–H and O–H groups in total. The van der Waals surface area contributed by atoms with Crippen LogP contribution in [0.15, 0.2) is 70.2 Å². The average Bonchev–Trinajstić information content (AvgIpc) is 3.20. The highest BCUT2D eigenvalue weighted by molar-refractivity contribution is 7.89. The second kappa shape index (κ2) is 8.52. The Morgan fingerprint density at radius 3 is 2.33 bits per heavy atom. The summed E-state index contributed by atoms with van der Waals surface area (Å²) < 4.78 is 72.1. The topological polar surface area (TPSA) is 74.3 Å². The summed E-state index contributed by atoms with van der Waals surface area (Å²) in [6.07, 6.45) is -3.37. The lowest BCUT2D eigenvalue weighted by Crippen LogP contribution is -2.30. The van der Waals surface area contributed by atoms with E-state index in [2.05, 4.69) is 0 Å². The van der Waals surface area contributed by atoms with E-state index in [0.29, 0.717) is 23.0 Å². The van der Waals surface area contributed by atoms with Gasteiger partial charge in [0.2, 0.25) is 10.0 Å². The maximum Gasteiger partial charge on any atom is 0.416 e. The number of hydrogen-bond acceptors (Lipinski definition) is 4. The molecule has 0 bridgehead atoms. The molecular formula is C20H14ClF3N2O3S. The number of nitriles is 1. The van der Waals surface area contributed by atoms with Crippen molar-refractivity contribution in [1.29, 1.82) is 5.26 Å². The summed E-state index contributed by atoms with van der Waals surface area (Å²) in [5.41, 5.74) is -0.200. The molecule has 156 valence electrons. The Balaban J connectivity index is 2.04. The molecule has 0 aliphatic carbocycles. The van der Waals surface area contributed by atoms with Crippen molar-refractivity contribution >= 4 is 21.6 Å². The summed E-state index contributed by atoms with van der Waals surface area (Å²) in [6.45, 7) is -0.386. The van der Waals surface area contributed by atoms with Crippen LogP contribution in [0.3, 0.4) is 0 Å². The third-order valence-corrected chi connectivity index (χ3v) is 6.50. The van der Waals surface area contributed by atoms with Crippen LogP contribution in [-0.4, -0.2) is 12.7 Å². The molecule has 1 heterocycles. The molecule has 0 fully saturated rings. The Morgan fingerprint density at radius 1 is 1.07 bits per heavy atom. The van der Waals surface area contributed by atoms with Gasteiger partial charge in [-0.25, -0.2) is 8.42 Å². The van der Waals surface area contributed by atoms with Gasteiger partial charge in [-0.3, -0.25) is 0 Å². The summed E-state index contributed by atoms with van der Waals surface area (Å²) in [7, 11) is -4.43. The zero-order valence-corrected chi connectivity index (χ0v) is 16.8. The van der Waals surface area contributed by atoms with E-state index in [-0.39, 0.29) is 18.1 Å². The van der Waals surface area contributed by atoms with Gasteiger partial charge in [0.25, 0.3) is 0 Å². The molecule has 2 aromatic carbocycles. The first kappa shape index (κ1) is 21.9. The van der Waals surface area contributed by atoms with Crippen molar-refractivity contribution in [3.05, 3.63) is 88.3 Å². The number of hydrogen-bond donors (Lipinski definition) is 0. The number of benzene rings is 2. The molecule has 1 aromatic heterocycles. The predicted molar refractivity (Wildman–Crippen MR) is 103 cm³/mol. The van der Waals surface area contributed by atoms with E-state index in [1.54, 1.807) is 24.3 Å². The van der Waals surface area contributed by atoms with Crippen LogP contribution in [0.2, 0.25) is 5.02 Å². The minimum absolute atomic E-state index is 0.165. The first-order valence-corrected chi connectivity index (χ1v) is 10.3. The fourth-order valence-corrected chi connectivity index (χ4v) is 4.60. The lowest BCUT2D eigenvalue weighted by atomic mass is 10.1. The van der Waals surface area contributed by atoms with Gasteiger partial charge < -0.3 is 4.42 Å². The van der Waals surface area contributed by atoms with Crippen molar-refractivity contribution in [1.82, 2.24) is 4.31 Å². The average molecular weight is 455 g/mol. The molecule has 3 aromatic rings. The van der Waals surface area contributed by atoms with E-state index >= 15 is 0 Å². The second-order valence-electron chi connectivity index (χ2n) is 6.30. The first-order valence-electron chi connectivity index (χ1n) is 8.49. The highest BCUT2D eigenvalue weighted by atomic mass is 35.5. The van der Waals surface area contributed by atoms with Gasteiger partial charge >= 0.3 is 6.18 Å². The molecule has 0 amide bonds. The number of furan rings is 1. The number of sulfonamides is 1. The molecular weight excluding hydrogens is 441 g/mol. The van der Waals surface area contributed by atoms with Crippen molar-refractivity contribution in [3.8, 4) is 6.07 Å². The summed E-state index contributed by atoms with van der Waals surface area (Å²) >= 11 is 5.97. The third-order valence-electron chi connectivity index (χ3n) is 4.23. The summed E-state index contributed by atoms with van der Waals surface area (Å²) in [5, 5.41) is 8.58. The SMILES string of the molecule is N#Cc1ccc(CN(Cc2ccco2)S(=O)(=O)c2cc(C(F)(F)F)ccc2Cl)cc1. The van der Waals surface area contributed by atoms with Gasteiger partial charge in [-0.1, -0.05) is 23.7 Å². The van der Waals surface area contributed by atoms with Gasteiger partial charge in [0.1, 0.15) is 10.7 Å². The molecule has 0 spiro atoms. The monoisotopic (exact) mass is 454 g/mol. The van der Waals surface area contributed by atoms with Crippen molar-refractivity contribution < 1.29 is 26.0 Å². The van der Waals surface area contributed by atoms with Crippen LogP contribution in [0.5, 0.6) is 0 Å². The van der Waals surface area contributed by atoms with Gasteiger partial charge in [0.15, 0.2) is 0 Å². The normalized spacial score (nSPS) is 12.1. The lowest BCUT2D eigenvalue weighted by molar-refractivity contribution is -0.137. The molecule has 0 unspecified atom stereocenters. The smallest absolute Gasteiger partial charge is 0.416 e. The second-order valence-corrected chi connectivity index (χ2v) is 8.62. The van der Waals surface area contributed by atoms with Gasteiger partial charge in [0.05, 0.1) is 35.0 Å². The maximum absolute atomic E-state index is 13.3. The van der Waals surface area contributed by atoms with Crippen LogP contribution in [0.25, 0.3) is 0 Å². The van der Waals surface area contributed by atoms with Crippen LogP contribution < -0.4 is 0 Å². The van der Waals surface area contributed by atoms with Crippen molar-refractivity contribution in [2.24, 2.45) is 0 Å². The van der Waals surface area contributed by atoms with E-state index < -0.39 is 26.7 Å². The fraction of sp³-hybridized carbons (Fsp3) is 0.150. The van der Waals surface area contributed by atoms with Crippen molar-refractivity contribution in [2.75, 3.05) is 0 Å². The summed E-state index contributed by atoms with van der Waals surface area (Å²) in [4.78, 5) is -0.654. The van der Waals surface area contributed by atoms with E-state index in [1.165, 1.54) is 18.4 Å². The van der Waals surface area contributed by atoms with Gasteiger partial charge in [-0.05, 0) is 48.0 Å². The third kappa shape index (κ3) is 4.84. The minimum Gasteiger partial charge on any atom is -0.468 e. The highest BCUT2D eigenvalue weighted by Crippen LogP contribution is 2.35. The Hall–Kier alpha value is -2.80. The first-order chi connectivity index (χ1) is 14.1. The molecule has 30 heavy (non-hydrogen) atoms. The van der Waals surface area contributed by atoms with E-state index in [1.807, 2.05) is 6.07 Å². The molecule has 0 saturated carbocycles. The molecule has 3 rings (SSSR count). The lowest BCUT2D eigenvalue weighted by Gasteiger charge is -2.22. The van der Waals surface area contributed by atoms with Gasteiger partial charge in [-0.2, -0.15) is 22.7 Å². The highest BCUT2D eigenvalue weighted by Gasteiger charge is 2.34. The zero-order chi connectivity index (χ0) is 21.9.